The van der Waals surface area contributed by atoms with Gasteiger partial charge in [0.05, 0.1) is 15.1 Å². The molecule has 33 heavy (non-hydrogen) atoms. The Morgan fingerprint density at radius 3 is 2.48 bits per heavy atom. The van der Waals surface area contributed by atoms with Crippen LogP contribution in [0.25, 0.3) is 10.2 Å². The molecule has 2 atom stereocenters. The van der Waals surface area contributed by atoms with Crippen LogP contribution in [0.15, 0.2) is 65.0 Å². The minimum Gasteiger partial charge on any atom is -0.312 e. The normalized spacial score (nSPS) is 20.3. The molecule has 1 aliphatic heterocycles. The van der Waals surface area contributed by atoms with Gasteiger partial charge in [-0.3, -0.25) is 4.79 Å². The number of hydrogen-bond acceptors (Lipinski definition) is 4. The second kappa shape index (κ2) is 9.32. The maximum Gasteiger partial charge on any atom is 0.279 e. The Labute approximate surface area is 196 Å². The predicted molar refractivity (Wildman–Crippen MR) is 128 cm³/mol. The molecule has 4 rings (SSSR count). The molecule has 0 radical (unpaired) electrons. The van der Waals surface area contributed by atoms with Gasteiger partial charge in [-0.05, 0) is 60.7 Å². The van der Waals surface area contributed by atoms with Crippen LogP contribution in [0.2, 0.25) is 0 Å². The summed E-state index contributed by atoms with van der Waals surface area (Å²) in [6.07, 6.45) is 2.69. The highest BCUT2D eigenvalue weighted by molar-refractivity contribution is 7.89. The maximum atomic E-state index is 13.6. The third kappa shape index (κ3) is 4.85. The van der Waals surface area contributed by atoms with Crippen molar-refractivity contribution >= 4 is 37.5 Å². The Kier molecular flexibility index (Phi) is 6.65. The Morgan fingerprint density at radius 2 is 1.85 bits per heavy atom. The van der Waals surface area contributed by atoms with Crippen LogP contribution in [0.4, 0.5) is 4.39 Å². The summed E-state index contributed by atoms with van der Waals surface area (Å²) in [6.45, 7) is 9.27. The summed E-state index contributed by atoms with van der Waals surface area (Å²) in [4.78, 5) is 17.6. The molecule has 6 nitrogen and oxygen atoms in total. The number of hydrogen-bond donors (Lipinski definition) is 0. The lowest BCUT2D eigenvalue weighted by Gasteiger charge is -2.34. The molecule has 174 valence electrons. The molecule has 1 fully saturated rings. The number of rotatable bonds is 5. The van der Waals surface area contributed by atoms with Crippen molar-refractivity contribution in [3.63, 3.8) is 0 Å². The number of thiazole rings is 1. The highest BCUT2D eigenvalue weighted by atomic mass is 32.2. The Hall–Kier alpha value is -2.62. The molecule has 0 aliphatic carbocycles. The van der Waals surface area contributed by atoms with Crippen molar-refractivity contribution in [2.45, 2.75) is 31.7 Å². The summed E-state index contributed by atoms with van der Waals surface area (Å²) in [5, 5.41) is 0. The van der Waals surface area contributed by atoms with Crippen molar-refractivity contribution in [3.8, 4) is 0 Å². The van der Waals surface area contributed by atoms with E-state index in [4.69, 9.17) is 0 Å². The number of benzene rings is 2. The molecule has 1 amide bonds. The molecule has 1 saturated heterocycles. The lowest BCUT2D eigenvalue weighted by Crippen LogP contribution is -2.42. The van der Waals surface area contributed by atoms with Gasteiger partial charge in [0, 0.05) is 25.2 Å². The molecule has 1 aliphatic rings. The standard InChI is InChI=1S/C24H26FN3O3S2/c1-4-11-28-21-10-7-19(25)13-22(21)32-24(28)26-23(29)18-5-8-20(9-6-18)33(30,31)27-14-16(2)12-17(3)15-27/h4-10,13,16-17H,1,11-12,14-15H2,2-3H3. The molecule has 0 bridgehead atoms. The zero-order chi connectivity index (χ0) is 23.8. The van der Waals surface area contributed by atoms with E-state index in [0.29, 0.717) is 41.0 Å². The van der Waals surface area contributed by atoms with Crippen molar-refractivity contribution in [2.75, 3.05) is 13.1 Å². The van der Waals surface area contributed by atoms with E-state index in [-0.39, 0.29) is 16.3 Å². The zero-order valence-electron chi connectivity index (χ0n) is 18.6. The van der Waals surface area contributed by atoms with E-state index in [2.05, 4.69) is 25.4 Å². The molecule has 3 aromatic rings. The van der Waals surface area contributed by atoms with Crippen molar-refractivity contribution in [2.24, 2.45) is 16.8 Å². The number of piperidine rings is 1. The van der Waals surface area contributed by atoms with Gasteiger partial charge in [0.25, 0.3) is 5.91 Å². The second-order valence-corrected chi connectivity index (χ2v) is 11.6. The smallest absolute Gasteiger partial charge is 0.279 e. The summed E-state index contributed by atoms with van der Waals surface area (Å²) in [7, 11) is -3.62. The van der Waals surface area contributed by atoms with Crippen LogP contribution in [0.1, 0.15) is 30.6 Å². The predicted octanol–water partition coefficient (Wildman–Crippen LogP) is 4.44. The fraction of sp³-hybridized carbons (Fsp3) is 0.333. The highest BCUT2D eigenvalue weighted by Gasteiger charge is 2.31. The molecule has 1 aromatic heterocycles. The van der Waals surface area contributed by atoms with Crippen LogP contribution in [0, 0.1) is 17.7 Å². The fourth-order valence-electron chi connectivity index (χ4n) is 4.31. The minimum absolute atomic E-state index is 0.166. The molecule has 2 unspecified atom stereocenters. The summed E-state index contributed by atoms with van der Waals surface area (Å²) < 4.78 is 43.8. The van der Waals surface area contributed by atoms with Gasteiger partial charge in [-0.25, -0.2) is 12.8 Å². The summed E-state index contributed by atoms with van der Waals surface area (Å²) in [5.74, 6) is -0.244. The van der Waals surface area contributed by atoms with Crippen molar-refractivity contribution < 1.29 is 17.6 Å². The summed E-state index contributed by atoms with van der Waals surface area (Å²) >= 11 is 1.21. The average Bonchev–Trinajstić information content (AvgIpc) is 3.09. The van der Waals surface area contributed by atoms with Crippen LogP contribution < -0.4 is 4.80 Å². The first-order chi connectivity index (χ1) is 15.7. The molecule has 0 N–H and O–H groups in total. The van der Waals surface area contributed by atoms with Gasteiger partial charge in [-0.2, -0.15) is 9.30 Å². The van der Waals surface area contributed by atoms with Gasteiger partial charge in [0.1, 0.15) is 5.82 Å². The number of carbonyl (C=O) groups excluding carboxylic acids is 1. The van der Waals surface area contributed by atoms with Gasteiger partial charge in [0.2, 0.25) is 10.0 Å². The Bertz CT molecular complexity index is 1360. The third-order valence-electron chi connectivity index (χ3n) is 5.73. The monoisotopic (exact) mass is 487 g/mol. The Balaban J connectivity index is 1.64. The van der Waals surface area contributed by atoms with Crippen LogP contribution in [0.5, 0.6) is 0 Å². The second-order valence-electron chi connectivity index (χ2n) is 8.61. The number of aromatic nitrogens is 1. The topological polar surface area (TPSA) is 71.7 Å². The molecular weight excluding hydrogens is 461 g/mol. The van der Waals surface area contributed by atoms with Crippen LogP contribution in [0.3, 0.4) is 0 Å². The molecule has 0 spiro atoms. The molecule has 9 heteroatoms. The molecule has 2 heterocycles. The van der Waals surface area contributed by atoms with Crippen molar-refractivity contribution in [1.82, 2.24) is 8.87 Å². The van der Waals surface area contributed by atoms with E-state index in [0.717, 1.165) is 11.9 Å². The lowest BCUT2D eigenvalue weighted by atomic mass is 9.94. The maximum absolute atomic E-state index is 13.6. The van der Waals surface area contributed by atoms with Gasteiger partial charge in [-0.1, -0.05) is 31.3 Å². The van der Waals surface area contributed by atoms with E-state index >= 15 is 0 Å². The number of sulfonamides is 1. The number of allylic oxidation sites excluding steroid dienone is 1. The first kappa shape index (κ1) is 23.5. The van der Waals surface area contributed by atoms with Gasteiger partial charge in [0.15, 0.2) is 4.80 Å². The van der Waals surface area contributed by atoms with Crippen molar-refractivity contribution in [1.29, 1.82) is 0 Å². The lowest BCUT2D eigenvalue weighted by molar-refractivity contribution is 0.0997. The summed E-state index contributed by atoms with van der Waals surface area (Å²) in [6, 6.07) is 10.3. The van der Waals surface area contributed by atoms with E-state index < -0.39 is 15.9 Å². The molecule has 0 saturated carbocycles. The third-order valence-corrected chi connectivity index (χ3v) is 8.62. The summed E-state index contributed by atoms with van der Waals surface area (Å²) in [5.41, 5.74) is 1.04. The van der Waals surface area contributed by atoms with Gasteiger partial charge < -0.3 is 4.57 Å². The van der Waals surface area contributed by atoms with E-state index in [1.807, 2.05) is 0 Å². The number of carbonyl (C=O) groups is 1. The minimum atomic E-state index is -3.62. The first-order valence-corrected chi connectivity index (χ1v) is 13.0. The SMILES string of the molecule is C=CCn1c(=NC(=O)c2ccc(S(=O)(=O)N3CC(C)CC(C)C3)cc2)sc2cc(F)ccc21. The number of nitrogens with zero attached hydrogens (tertiary/aromatic N) is 3. The number of halogens is 1. The van der Waals surface area contributed by atoms with Crippen LogP contribution in [-0.4, -0.2) is 36.3 Å². The van der Waals surface area contributed by atoms with Crippen molar-refractivity contribution in [3.05, 3.63) is 71.3 Å². The molecular formula is C24H26FN3O3S2. The number of fused-ring (bicyclic) bond motifs is 1. The zero-order valence-corrected chi connectivity index (χ0v) is 20.2. The fourth-order valence-corrected chi connectivity index (χ4v) is 7.05. The Morgan fingerprint density at radius 1 is 1.18 bits per heavy atom. The first-order valence-electron chi connectivity index (χ1n) is 10.8. The van der Waals surface area contributed by atoms with E-state index in [1.54, 1.807) is 16.7 Å². The van der Waals surface area contributed by atoms with E-state index in [9.17, 15) is 17.6 Å². The van der Waals surface area contributed by atoms with Crippen LogP contribution >= 0.6 is 11.3 Å². The van der Waals surface area contributed by atoms with Crippen LogP contribution in [-0.2, 0) is 16.6 Å². The largest absolute Gasteiger partial charge is 0.312 e. The quantitative estimate of drug-likeness (QED) is 0.500. The van der Waals surface area contributed by atoms with Gasteiger partial charge >= 0.3 is 0 Å². The van der Waals surface area contributed by atoms with E-state index in [1.165, 1.54) is 52.0 Å². The number of amides is 1. The van der Waals surface area contributed by atoms with Gasteiger partial charge in [-0.15, -0.1) is 6.58 Å². The highest BCUT2D eigenvalue weighted by Crippen LogP contribution is 2.27. The average molecular weight is 488 g/mol. The molecule has 2 aromatic carbocycles.